The summed E-state index contributed by atoms with van der Waals surface area (Å²) in [4.78, 5) is 20.5. The number of aliphatic carboxylic acids is 2. The van der Waals surface area contributed by atoms with E-state index < -0.39 is 238 Å². The molecule has 10 unspecified atom stereocenters. The Hall–Kier alpha value is -2.74. The molecule has 0 aromatic carbocycles. The van der Waals surface area contributed by atoms with Crippen LogP contribution in [0.2, 0.25) is 0 Å². The number of aliphatic hydroxyl groups excluding tert-OH is 6. The topological polar surface area (TPSA) is 923 Å². The fourth-order valence-corrected chi connectivity index (χ4v) is 10.6. The van der Waals surface area contributed by atoms with E-state index in [1.54, 1.807) is 9.44 Å². The number of hydrogen-bond acceptors (Lipinski definition) is 45. The van der Waals surface area contributed by atoms with Gasteiger partial charge in [0.05, 0.1) is 132 Å². The summed E-state index contributed by atoms with van der Waals surface area (Å²) in [7, 11) is -37.4. The molecule has 93 heavy (non-hydrogen) atoms. The number of aliphatic hydroxyl groups is 6. The number of carboxylic acid groups (broad SMARTS) is 2. The minimum atomic E-state index is -5.24. The van der Waals surface area contributed by atoms with Gasteiger partial charge in [-0.2, -0.15) is 0 Å². The Bertz CT molecular complexity index is 3090. The van der Waals surface area contributed by atoms with Crippen LogP contribution in [0.5, 0.6) is 0 Å². The minimum Gasteiger partial charge on any atom is -0.735 e. The second kappa shape index (κ2) is 44.3. The summed E-state index contributed by atoms with van der Waals surface area (Å²) in [5.74, 6) is -2.87. The zero-order chi connectivity index (χ0) is 68.8. The SMILES string of the molecule is C.CO.CO[C@@H]1C(COS(=O)(=O)[O-])OCC(NS(=O)(=O)[O-])[C@@H]1O.O.O.O.O.O=C([O-])C1C[C@@H](O)C(O)CO1.O=C([O-])C1C[C@@H](O)C(OS(=O)(=O)[O-])CO1.O=S(=O)([O-])NC1COC(COS(=O)(=O)[O-])C[C@H]1O.O=S(=O)([O-])NC1COC(COS(=O)(=O)[O-])C[C@H]1OS(=O)(=O)[O-]. The highest BCUT2D eigenvalue weighted by Gasteiger charge is 2.41. The average molecular weight is 1550 g/mol. The third-order valence-corrected chi connectivity index (χ3v) is 14.6. The van der Waals surface area contributed by atoms with Crippen LogP contribution in [0.15, 0.2) is 0 Å². The van der Waals surface area contributed by atoms with E-state index in [1.807, 2.05) is 0 Å². The Balaban J connectivity index is -0.000000253. The van der Waals surface area contributed by atoms with Crippen molar-refractivity contribution < 1.29 is 225 Å². The molecule has 0 saturated carbocycles. The van der Waals surface area contributed by atoms with Crippen LogP contribution in [0.25, 0.3) is 0 Å². The van der Waals surface area contributed by atoms with Crippen LogP contribution in [0.3, 0.4) is 0 Å². The molecule has 0 spiro atoms. The van der Waals surface area contributed by atoms with Crippen molar-refractivity contribution in [1.29, 1.82) is 0 Å². The molecule has 60 heteroatoms. The second-order valence-electron chi connectivity index (χ2n) is 17.2. The Kier molecular flexibility index (Phi) is 48.3. The van der Waals surface area contributed by atoms with Crippen molar-refractivity contribution in [3.63, 3.8) is 0 Å². The molecule has 0 radical (unpaired) electrons. The Morgan fingerprint density at radius 3 is 1.15 bits per heavy atom. The van der Waals surface area contributed by atoms with Gasteiger partial charge in [-0.05, 0) is 0 Å². The molecule has 5 aliphatic rings. The van der Waals surface area contributed by atoms with E-state index in [9.17, 15) is 139 Å². The van der Waals surface area contributed by atoms with Gasteiger partial charge in [0.25, 0.3) is 0 Å². The molecule has 0 aliphatic carbocycles. The first-order valence-electron chi connectivity index (χ1n) is 22.9. The quantitative estimate of drug-likeness (QED) is 0.0359. The third-order valence-electron chi connectivity index (χ3n) is 10.6. The number of nitrogens with one attached hydrogen (secondary N) is 3. The molecular formula is C33H67N3O49S8-10. The van der Waals surface area contributed by atoms with E-state index in [1.165, 1.54) is 4.72 Å². The zero-order valence-electron chi connectivity index (χ0n) is 46.1. The first-order chi connectivity index (χ1) is 39.8. The average Bonchev–Trinajstić information content (AvgIpc) is 0.852. The van der Waals surface area contributed by atoms with E-state index >= 15 is 0 Å². The molecule has 16 atom stereocenters. The van der Waals surface area contributed by atoms with Crippen LogP contribution in [-0.2, 0) is 142 Å². The van der Waals surface area contributed by atoms with Crippen molar-refractivity contribution in [1.82, 2.24) is 14.2 Å². The number of carboxylic acids is 2. The van der Waals surface area contributed by atoms with Gasteiger partial charge in [0.15, 0.2) is 30.9 Å². The zero-order valence-corrected chi connectivity index (χ0v) is 52.6. The van der Waals surface area contributed by atoms with Gasteiger partial charge in [-0.15, -0.1) is 0 Å². The highest BCUT2D eigenvalue weighted by Crippen LogP contribution is 2.23. The van der Waals surface area contributed by atoms with E-state index in [0.717, 1.165) is 14.2 Å². The molecule has 0 bridgehead atoms. The van der Waals surface area contributed by atoms with Crippen LogP contribution < -0.4 is 24.4 Å². The Morgan fingerprint density at radius 1 is 0.430 bits per heavy atom. The molecule has 5 heterocycles. The number of hydrogen-bond donors (Lipinski definition) is 9. The fourth-order valence-electron chi connectivity index (χ4n) is 6.94. The molecule has 566 valence electrons. The summed E-state index contributed by atoms with van der Waals surface area (Å²) in [5, 5.41) is 74.0. The predicted molar refractivity (Wildman–Crippen MR) is 273 cm³/mol. The molecule has 5 rings (SSSR count). The highest BCUT2D eigenvalue weighted by molar-refractivity contribution is 7.84. The van der Waals surface area contributed by atoms with E-state index in [2.05, 4.69) is 30.4 Å². The molecule has 0 aromatic rings. The summed E-state index contributed by atoms with van der Waals surface area (Å²) in [6.45, 7) is -4.12. The maximum absolute atomic E-state index is 10.6. The largest absolute Gasteiger partial charge is 0.735 e. The lowest BCUT2D eigenvalue weighted by Gasteiger charge is -2.39. The van der Waals surface area contributed by atoms with Crippen molar-refractivity contribution in [3.05, 3.63) is 0 Å². The lowest BCUT2D eigenvalue weighted by atomic mass is 9.99. The molecular weight excluding hydrogens is 1480 g/mol. The van der Waals surface area contributed by atoms with Gasteiger partial charge in [0, 0.05) is 39.9 Å². The van der Waals surface area contributed by atoms with Crippen molar-refractivity contribution in [2.24, 2.45) is 0 Å². The smallest absolute Gasteiger partial charge is 0.218 e. The maximum atomic E-state index is 10.6. The van der Waals surface area contributed by atoms with Crippen LogP contribution in [0.1, 0.15) is 33.1 Å². The van der Waals surface area contributed by atoms with Crippen LogP contribution in [0, 0.1) is 0 Å². The normalized spacial score (nSPS) is 29.2. The predicted octanol–water partition coefficient (Wildman–Crippen LogP) is -18.9. The van der Waals surface area contributed by atoms with E-state index in [-0.39, 0.29) is 61.8 Å². The first-order valence-corrected chi connectivity index (χ1v) is 33.8. The monoisotopic (exact) mass is 1550 g/mol. The van der Waals surface area contributed by atoms with E-state index in [4.69, 9.17) is 34.3 Å². The molecule has 0 amide bonds. The minimum absolute atomic E-state index is 0. The summed E-state index contributed by atoms with van der Waals surface area (Å²) < 4.78 is 303. The molecule has 52 nitrogen and oxygen atoms in total. The molecule has 5 saturated heterocycles. The molecule has 5 fully saturated rings. The number of ether oxygens (including phenoxy) is 6. The molecule has 17 N–H and O–H groups in total. The van der Waals surface area contributed by atoms with Crippen molar-refractivity contribution in [3.8, 4) is 0 Å². The van der Waals surface area contributed by atoms with Gasteiger partial charge in [-0.3, -0.25) is 20.9 Å². The van der Waals surface area contributed by atoms with Crippen LogP contribution >= 0.6 is 0 Å². The van der Waals surface area contributed by atoms with Gasteiger partial charge in [-0.25, -0.2) is 81.5 Å². The number of carbonyl (C=O) groups excluding carboxylic acids is 2. The fraction of sp³-hybridized carbons (Fsp3) is 0.939. The van der Waals surface area contributed by atoms with Gasteiger partial charge in [0.1, 0.15) is 30.5 Å². The Morgan fingerprint density at radius 2 is 0.785 bits per heavy atom. The van der Waals surface area contributed by atoms with E-state index in [0.29, 0.717) is 0 Å². The van der Waals surface area contributed by atoms with Crippen LogP contribution in [0.4, 0.5) is 0 Å². The van der Waals surface area contributed by atoms with Crippen molar-refractivity contribution in [2.45, 2.75) is 131 Å². The van der Waals surface area contributed by atoms with Crippen molar-refractivity contribution in [2.75, 3.05) is 67.1 Å². The first kappa shape index (κ1) is 101. The lowest BCUT2D eigenvalue weighted by molar-refractivity contribution is -0.322. The van der Waals surface area contributed by atoms with Crippen molar-refractivity contribution >= 4 is 94.8 Å². The van der Waals surface area contributed by atoms with Gasteiger partial charge < -0.3 is 137 Å². The Labute approximate surface area is 529 Å². The number of rotatable bonds is 22. The standard InChI is InChI=1S/C7H15NO10S2.C6H13NO12S3.C6H13NO9S2.C6H10O8S.C6H10O5.CH4O.CH4.4H2O/c1-16-7-5(3-18-20(13,14)15)17-2-4(6(7)9)8-19(10,11)12;8-20(9,10)7-5-3-17-4(2-18-21(11,12)13)1-6(5)19-22(14,15)16;8-6-1-4(2-16-18(12,13)14)15-3-5(6)7-17(9,10)11;7-3-1-4(6(8)9)13-2-5(3)14-15(10,11)12;7-3-1-5(6(9)10)11-2-4(3)8;1-2;;;;;/h4-9H,2-3H2,1H3,(H,10,11,12)(H,13,14,15);4-7H,1-3H2,(H,8,9,10)(H,11,12,13)(H,14,15,16);4-8H,1-3H2,(H,9,10,11)(H,12,13,14);3-5,7H,1-2H2,(H,8,9)(H,10,11,12);3-5,7-8H,1-2H2,(H,9,10);2H,1H3;1H4;4*1H2/p-10/t4?,5?,6-,7+;2*4?,5?,6-;2*3-,4?,5?;;;;;;/m01111....../s1. The van der Waals surface area contributed by atoms with Gasteiger partial charge in [0.2, 0.25) is 52.0 Å². The molecule has 0 aromatic heterocycles. The number of methoxy groups -OCH3 is 1. The summed E-state index contributed by atoms with van der Waals surface area (Å²) in [6, 6.07) is -3.87. The van der Waals surface area contributed by atoms with Gasteiger partial charge in [-0.1, -0.05) is 7.43 Å². The van der Waals surface area contributed by atoms with Crippen LogP contribution in [-0.4, -0.2) is 333 Å². The second-order valence-corrected chi connectivity index (χ2v) is 25.8. The summed E-state index contributed by atoms with van der Waals surface area (Å²) in [5.41, 5.74) is 0. The lowest BCUT2D eigenvalue weighted by Crippen LogP contribution is -2.60. The van der Waals surface area contributed by atoms with Gasteiger partial charge >= 0.3 is 0 Å². The highest BCUT2D eigenvalue weighted by atomic mass is 32.3. The number of carbonyl (C=O) groups is 2. The maximum Gasteiger partial charge on any atom is 0.218 e. The summed E-state index contributed by atoms with van der Waals surface area (Å²) >= 11 is 0. The third kappa shape index (κ3) is 47.8. The molecule has 5 aliphatic heterocycles. The summed E-state index contributed by atoms with van der Waals surface area (Å²) in [6.07, 6.45) is -17.1.